The van der Waals surface area contributed by atoms with Gasteiger partial charge in [-0.25, -0.2) is 0 Å². The number of fused-ring (bicyclic) bond motifs is 1. The molecule has 0 amide bonds. The summed E-state index contributed by atoms with van der Waals surface area (Å²) >= 11 is 0. The number of aliphatic hydroxyl groups is 1. The van der Waals surface area contributed by atoms with Crippen molar-refractivity contribution in [2.24, 2.45) is 0 Å². The molecular formula is C9H9NO2. The Bertz CT molecular complexity index is 406. The minimum atomic E-state index is 0.00329. The van der Waals surface area contributed by atoms with Crippen LogP contribution in [-0.4, -0.2) is 10.1 Å². The van der Waals surface area contributed by atoms with E-state index >= 15 is 0 Å². The van der Waals surface area contributed by atoms with Gasteiger partial charge in [0, 0.05) is 17.1 Å². The number of nitrogens with zero attached hydrogens (tertiary/aromatic N) is 1. The van der Waals surface area contributed by atoms with E-state index in [2.05, 4.69) is 4.98 Å². The molecular weight excluding hydrogens is 154 g/mol. The van der Waals surface area contributed by atoms with E-state index in [1.165, 1.54) is 0 Å². The molecule has 0 radical (unpaired) electrons. The van der Waals surface area contributed by atoms with Crippen molar-refractivity contribution in [1.82, 2.24) is 4.98 Å². The minimum absolute atomic E-state index is 0.00329. The molecule has 3 nitrogen and oxygen atoms in total. The largest absolute Gasteiger partial charge is 0.462 e. The highest BCUT2D eigenvalue weighted by molar-refractivity contribution is 5.82. The third-order valence-electron chi connectivity index (χ3n) is 1.92. The molecule has 12 heavy (non-hydrogen) atoms. The van der Waals surface area contributed by atoms with Gasteiger partial charge in [-0.3, -0.25) is 4.98 Å². The van der Waals surface area contributed by atoms with Gasteiger partial charge in [0.05, 0.1) is 18.6 Å². The molecule has 0 unspecified atom stereocenters. The average Bonchev–Trinajstić information content (AvgIpc) is 2.54. The van der Waals surface area contributed by atoms with Crippen LogP contribution in [0.1, 0.15) is 11.3 Å². The van der Waals surface area contributed by atoms with Crippen LogP contribution in [0.15, 0.2) is 22.9 Å². The first kappa shape index (κ1) is 7.31. The van der Waals surface area contributed by atoms with Gasteiger partial charge in [-0.15, -0.1) is 0 Å². The van der Waals surface area contributed by atoms with Crippen LogP contribution >= 0.6 is 0 Å². The van der Waals surface area contributed by atoms with Crippen molar-refractivity contribution < 1.29 is 9.52 Å². The highest BCUT2D eigenvalue weighted by atomic mass is 16.3. The summed E-state index contributed by atoms with van der Waals surface area (Å²) in [5.41, 5.74) is 2.43. The van der Waals surface area contributed by atoms with Crippen LogP contribution in [0.3, 0.4) is 0 Å². The van der Waals surface area contributed by atoms with Crippen molar-refractivity contribution in [3.8, 4) is 0 Å². The van der Waals surface area contributed by atoms with Crippen molar-refractivity contribution >= 4 is 11.0 Å². The van der Waals surface area contributed by atoms with Crippen LogP contribution < -0.4 is 0 Å². The van der Waals surface area contributed by atoms with Gasteiger partial charge < -0.3 is 9.52 Å². The predicted octanol–water partition coefficient (Wildman–Crippen LogP) is 1.63. The second kappa shape index (κ2) is 2.60. The molecule has 0 aliphatic heterocycles. The Balaban J connectivity index is 2.82. The number of furan rings is 1. The van der Waals surface area contributed by atoms with Crippen molar-refractivity contribution in [3.63, 3.8) is 0 Å². The van der Waals surface area contributed by atoms with E-state index in [1.807, 2.05) is 13.0 Å². The lowest BCUT2D eigenvalue weighted by Gasteiger charge is -1.98. The summed E-state index contributed by atoms with van der Waals surface area (Å²) in [7, 11) is 0. The molecule has 3 heteroatoms. The number of rotatable bonds is 1. The molecule has 2 aromatic heterocycles. The molecule has 0 aromatic carbocycles. The number of hydrogen-bond donors (Lipinski definition) is 1. The lowest BCUT2D eigenvalue weighted by atomic mass is 10.2. The summed E-state index contributed by atoms with van der Waals surface area (Å²) in [6.07, 6.45) is 3.28. The van der Waals surface area contributed by atoms with Gasteiger partial charge in [0.25, 0.3) is 0 Å². The predicted molar refractivity (Wildman–Crippen MR) is 44.7 cm³/mol. The molecule has 0 bridgehead atoms. The van der Waals surface area contributed by atoms with Gasteiger partial charge in [-0.2, -0.15) is 0 Å². The molecule has 2 rings (SSSR count). The maximum absolute atomic E-state index is 8.96. The van der Waals surface area contributed by atoms with Crippen LogP contribution in [0.4, 0.5) is 0 Å². The third kappa shape index (κ3) is 0.905. The first-order valence-electron chi connectivity index (χ1n) is 3.75. The highest BCUT2D eigenvalue weighted by Gasteiger charge is 2.05. The summed E-state index contributed by atoms with van der Waals surface area (Å²) in [5, 5.41) is 9.91. The van der Waals surface area contributed by atoms with E-state index in [1.54, 1.807) is 12.5 Å². The Morgan fingerprint density at radius 3 is 3.17 bits per heavy atom. The van der Waals surface area contributed by atoms with Crippen LogP contribution in [0.25, 0.3) is 11.0 Å². The van der Waals surface area contributed by atoms with Gasteiger partial charge in [-0.1, -0.05) is 0 Å². The topological polar surface area (TPSA) is 46.3 Å². The molecule has 0 spiro atoms. The Morgan fingerprint density at radius 1 is 1.58 bits per heavy atom. The van der Waals surface area contributed by atoms with Gasteiger partial charge in [0.1, 0.15) is 0 Å². The molecule has 2 aromatic rings. The third-order valence-corrected chi connectivity index (χ3v) is 1.92. The molecule has 0 saturated carbocycles. The maximum atomic E-state index is 8.96. The summed E-state index contributed by atoms with van der Waals surface area (Å²) < 4.78 is 5.22. The quantitative estimate of drug-likeness (QED) is 0.695. The molecule has 1 N–H and O–H groups in total. The van der Waals surface area contributed by atoms with Gasteiger partial charge in [-0.05, 0) is 13.0 Å². The number of aromatic nitrogens is 1. The average molecular weight is 163 g/mol. The first-order chi connectivity index (χ1) is 5.83. The summed E-state index contributed by atoms with van der Waals surface area (Å²) in [6.45, 7) is 1.89. The van der Waals surface area contributed by atoms with Crippen molar-refractivity contribution in [1.29, 1.82) is 0 Å². The summed E-state index contributed by atoms with van der Waals surface area (Å²) in [5.74, 6) is 0. The van der Waals surface area contributed by atoms with Crippen LogP contribution in [-0.2, 0) is 6.61 Å². The van der Waals surface area contributed by atoms with E-state index in [-0.39, 0.29) is 6.61 Å². The Labute approximate surface area is 69.7 Å². The van der Waals surface area contributed by atoms with Crippen LogP contribution in [0.5, 0.6) is 0 Å². The Kier molecular flexibility index (Phi) is 1.59. The first-order valence-corrected chi connectivity index (χ1v) is 3.75. The smallest absolute Gasteiger partial charge is 0.155 e. The second-order valence-electron chi connectivity index (χ2n) is 2.69. The van der Waals surface area contributed by atoms with Gasteiger partial charge >= 0.3 is 0 Å². The zero-order chi connectivity index (χ0) is 8.55. The normalized spacial score (nSPS) is 10.8. The number of hydrogen-bond acceptors (Lipinski definition) is 3. The standard InChI is InChI=1S/C9H9NO2/c1-6-9-8(2-3-12-9)7(5-11)4-10-6/h2-4,11H,5H2,1H3. The maximum Gasteiger partial charge on any atom is 0.155 e. The van der Waals surface area contributed by atoms with E-state index in [4.69, 9.17) is 9.52 Å². The highest BCUT2D eigenvalue weighted by Crippen LogP contribution is 2.21. The fourth-order valence-corrected chi connectivity index (χ4v) is 1.27. The van der Waals surface area contributed by atoms with E-state index in [9.17, 15) is 0 Å². The molecule has 2 heterocycles. The van der Waals surface area contributed by atoms with Crippen LogP contribution in [0.2, 0.25) is 0 Å². The van der Waals surface area contributed by atoms with Gasteiger partial charge in [0.15, 0.2) is 5.58 Å². The molecule has 0 atom stereocenters. The fourth-order valence-electron chi connectivity index (χ4n) is 1.27. The lowest BCUT2D eigenvalue weighted by molar-refractivity contribution is 0.283. The number of aliphatic hydroxyl groups excluding tert-OH is 1. The lowest BCUT2D eigenvalue weighted by Crippen LogP contribution is -1.88. The van der Waals surface area contributed by atoms with E-state index in [0.29, 0.717) is 0 Å². The van der Waals surface area contributed by atoms with Crippen molar-refractivity contribution in [3.05, 3.63) is 29.8 Å². The second-order valence-corrected chi connectivity index (χ2v) is 2.69. The van der Waals surface area contributed by atoms with Gasteiger partial charge in [0.2, 0.25) is 0 Å². The number of aryl methyl sites for hydroxylation is 1. The van der Waals surface area contributed by atoms with Crippen molar-refractivity contribution in [2.45, 2.75) is 13.5 Å². The van der Waals surface area contributed by atoms with E-state index in [0.717, 1.165) is 22.2 Å². The summed E-state index contributed by atoms with van der Waals surface area (Å²) in [4.78, 5) is 4.10. The molecule has 0 saturated heterocycles. The van der Waals surface area contributed by atoms with Crippen LogP contribution in [0, 0.1) is 6.92 Å². The zero-order valence-corrected chi connectivity index (χ0v) is 6.74. The molecule has 0 aliphatic carbocycles. The number of pyridine rings is 1. The summed E-state index contributed by atoms with van der Waals surface area (Å²) in [6, 6.07) is 1.84. The monoisotopic (exact) mass is 163 g/mol. The SMILES string of the molecule is Cc1ncc(CO)c2ccoc12. The van der Waals surface area contributed by atoms with E-state index < -0.39 is 0 Å². The molecule has 62 valence electrons. The Hall–Kier alpha value is -1.35. The molecule has 0 fully saturated rings. The van der Waals surface area contributed by atoms with Crippen molar-refractivity contribution in [2.75, 3.05) is 0 Å². The Morgan fingerprint density at radius 2 is 2.42 bits per heavy atom. The zero-order valence-electron chi connectivity index (χ0n) is 6.74. The minimum Gasteiger partial charge on any atom is -0.462 e. The molecule has 0 aliphatic rings. The fraction of sp³-hybridized carbons (Fsp3) is 0.222.